The molecule has 2 rings (SSSR count). The fraction of sp³-hybridized carbons (Fsp3) is 0.467. The van der Waals surface area contributed by atoms with Crippen molar-refractivity contribution in [3.8, 4) is 0 Å². The summed E-state index contributed by atoms with van der Waals surface area (Å²) in [4.78, 5) is 24.2. The molecule has 1 aromatic rings. The summed E-state index contributed by atoms with van der Waals surface area (Å²) in [5.74, 6) is -1.48. The molecule has 108 valence electrons. The quantitative estimate of drug-likeness (QED) is 0.466. The molecular formula is C15H17ClO3S. The normalized spacial score (nSPS) is 15.3. The molecule has 20 heavy (non-hydrogen) atoms. The number of hydrogen-bond donors (Lipinski definition) is 0. The molecule has 0 N–H and O–H groups in total. The topological polar surface area (TPSA) is 43.4 Å². The Hall–Kier alpha value is -1.000. The maximum absolute atomic E-state index is 11.8. The van der Waals surface area contributed by atoms with Gasteiger partial charge in [-0.3, -0.25) is 4.79 Å². The van der Waals surface area contributed by atoms with E-state index in [0.29, 0.717) is 10.3 Å². The zero-order chi connectivity index (χ0) is 14.5. The second kappa shape index (κ2) is 7.14. The summed E-state index contributed by atoms with van der Waals surface area (Å²) in [5, 5.41) is 1.14. The summed E-state index contributed by atoms with van der Waals surface area (Å²) in [6.07, 6.45) is 4.97. The van der Waals surface area contributed by atoms with Gasteiger partial charge in [0.25, 0.3) is 5.78 Å². The van der Waals surface area contributed by atoms with Crippen LogP contribution in [0.25, 0.3) is 0 Å². The number of Topliss-reactive ketones (excluding diaryl/α,β-unsaturated/α-hetero) is 1. The summed E-state index contributed by atoms with van der Waals surface area (Å²) in [7, 11) is 0. The van der Waals surface area contributed by atoms with Gasteiger partial charge in [-0.2, -0.15) is 0 Å². The molecule has 3 nitrogen and oxygen atoms in total. The lowest BCUT2D eigenvalue weighted by atomic mass is 10.1. The van der Waals surface area contributed by atoms with Crippen LogP contribution >= 0.6 is 23.4 Å². The van der Waals surface area contributed by atoms with E-state index in [-0.39, 0.29) is 12.2 Å². The monoisotopic (exact) mass is 312 g/mol. The van der Waals surface area contributed by atoms with Gasteiger partial charge in [0.1, 0.15) is 0 Å². The Labute approximate surface area is 128 Å². The summed E-state index contributed by atoms with van der Waals surface area (Å²) in [5.41, 5.74) is 0.282. The SMILES string of the molecule is CCOC(=O)C(=O)c1ccc(SC2CCCC2)c(Cl)c1. The van der Waals surface area contributed by atoms with E-state index in [1.54, 1.807) is 30.8 Å². The Bertz CT molecular complexity index is 510. The molecule has 0 atom stereocenters. The second-order valence-corrected chi connectivity index (χ2v) is 6.47. The molecule has 0 aliphatic heterocycles. The third kappa shape index (κ3) is 3.76. The van der Waals surface area contributed by atoms with Crippen LogP contribution in [0, 0.1) is 0 Å². The van der Waals surface area contributed by atoms with E-state index >= 15 is 0 Å². The van der Waals surface area contributed by atoms with Crippen LogP contribution in [-0.4, -0.2) is 23.6 Å². The van der Waals surface area contributed by atoms with Gasteiger partial charge in [-0.25, -0.2) is 4.79 Å². The first-order valence-corrected chi connectivity index (χ1v) is 8.05. The first-order chi connectivity index (χ1) is 9.61. The smallest absolute Gasteiger partial charge is 0.379 e. The molecule has 1 aromatic carbocycles. The second-order valence-electron chi connectivity index (χ2n) is 4.72. The van der Waals surface area contributed by atoms with E-state index in [9.17, 15) is 9.59 Å². The van der Waals surface area contributed by atoms with Crippen LogP contribution in [0.15, 0.2) is 23.1 Å². The third-order valence-corrected chi connectivity index (χ3v) is 5.09. The van der Waals surface area contributed by atoms with Crippen molar-refractivity contribution in [2.45, 2.75) is 42.8 Å². The first kappa shape index (κ1) is 15.4. The van der Waals surface area contributed by atoms with E-state index in [0.717, 1.165) is 4.90 Å². The van der Waals surface area contributed by atoms with Crippen molar-refractivity contribution in [1.29, 1.82) is 0 Å². The molecule has 1 fully saturated rings. The molecule has 1 aliphatic rings. The minimum Gasteiger partial charge on any atom is -0.460 e. The van der Waals surface area contributed by atoms with Crippen molar-refractivity contribution < 1.29 is 14.3 Å². The van der Waals surface area contributed by atoms with Gasteiger partial charge in [-0.05, 0) is 38.0 Å². The molecule has 0 spiro atoms. The minimum absolute atomic E-state index is 0.188. The summed E-state index contributed by atoms with van der Waals surface area (Å²) in [6, 6.07) is 5.01. The van der Waals surface area contributed by atoms with Crippen molar-refractivity contribution in [3.63, 3.8) is 0 Å². The number of ketones is 1. The van der Waals surface area contributed by atoms with Gasteiger partial charge < -0.3 is 4.74 Å². The highest BCUT2D eigenvalue weighted by Gasteiger charge is 2.20. The number of rotatable bonds is 5. The molecule has 0 bridgehead atoms. The molecule has 0 heterocycles. The lowest BCUT2D eigenvalue weighted by Gasteiger charge is -2.11. The standard InChI is InChI=1S/C15H17ClO3S/c1-2-19-15(18)14(17)10-7-8-13(12(16)9-10)20-11-5-3-4-6-11/h7-9,11H,2-6H2,1H3. The summed E-state index contributed by atoms with van der Waals surface area (Å²) in [6.45, 7) is 1.85. The predicted molar refractivity (Wildman–Crippen MR) is 80.5 cm³/mol. The molecule has 0 amide bonds. The van der Waals surface area contributed by atoms with Crippen LogP contribution in [0.1, 0.15) is 43.0 Å². The Kier molecular flexibility index (Phi) is 5.49. The summed E-state index contributed by atoms with van der Waals surface area (Å²) < 4.78 is 4.70. The Morgan fingerprint density at radius 1 is 1.35 bits per heavy atom. The highest BCUT2D eigenvalue weighted by atomic mass is 35.5. The molecule has 1 saturated carbocycles. The summed E-state index contributed by atoms with van der Waals surface area (Å²) >= 11 is 7.97. The van der Waals surface area contributed by atoms with Crippen LogP contribution < -0.4 is 0 Å². The molecule has 0 aromatic heterocycles. The van der Waals surface area contributed by atoms with Crippen LogP contribution in [0.4, 0.5) is 0 Å². The fourth-order valence-electron chi connectivity index (χ4n) is 2.24. The Morgan fingerprint density at radius 2 is 2.05 bits per heavy atom. The molecule has 0 radical (unpaired) electrons. The van der Waals surface area contributed by atoms with Crippen LogP contribution in [0.3, 0.4) is 0 Å². The molecule has 0 unspecified atom stereocenters. The van der Waals surface area contributed by atoms with E-state index in [1.807, 2.05) is 6.07 Å². The van der Waals surface area contributed by atoms with Crippen molar-refractivity contribution in [2.24, 2.45) is 0 Å². The first-order valence-electron chi connectivity index (χ1n) is 6.79. The van der Waals surface area contributed by atoms with Crippen molar-refractivity contribution in [2.75, 3.05) is 6.61 Å². The maximum Gasteiger partial charge on any atom is 0.379 e. The van der Waals surface area contributed by atoms with Crippen LogP contribution in [0.5, 0.6) is 0 Å². The van der Waals surface area contributed by atoms with E-state index in [4.69, 9.17) is 16.3 Å². The number of carbonyl (C=O) groups is 2. The number of benzene rings is 1. The number of carbonyl (C=O) groups excluding carboxylic acids is 2. The van der Waals surface area contributed by atoms with Gasteiger partial charge in [-0.1, -0.05) is 24.4 Å². The van der Waals surface area contributed by atoms with Crippen LogP contribution in [0.2, 0.25) is 5.02 Å². The van der Waals surface area contributed by atoms with Crippen LogP contribution in [-0.2, 0) is 9.53 Å². The molecular weight excluding hydrogens is 296 g/mol. The number of thioether (sulfide) groups is 1. The fourth-order valence-corrected chi connectivity index (χ4v) is 3.80. The number of ether oxygens (including phenoxy) is 1. The third-order valence-electron chi connectivity index (χ3n) is 3.25. The lowest BCUT2D eigenvalue weighted by Crippen LogP contribution is -2.17. The largest absolute Gasteiger partial charge is 0.460 e. The zero-order valence-corrected chi connectivity index (χ0v) is 12.9. The lowest BCUT2D eigenvalue weighted by molar-refractivity contribution is -0.137. The number of esters is 1. The molecule has 5 heteroatoms. The highest BCUT2D eigenvalue weighted by molar-refractivity contribution is 8.00. The highest BCUT2D eigenvalue weighted by Crippen LogP contribution is 2.38. The van der Waals surface area contributed by atoms with Crippen molar-refractivity contribution >= 4 is 35.1 Å². The van der Waals surface area contributed by atoms with Gasteiger partial charge in [0.05, 0.1) is 11.6 Å². The molecule has 0 saturated heterocycles. The Morgan fingerprint density at radius 3 is 2.65 bits per heavy atom. The average Bonchev–Trinajstić information content (AvgIpc) is 2.93. The Balaban J connectivity index is 2.08. The zero-order valence-electron chi connectivity index (χ0n) is 11.4. The maximum atomic E-state index is 11.8. The number of hydrogen-bond acceptors (Lipinski definition) is 4. The van der Waals surface area contributed by atoms with Gasteiger partial charge in [0, 0.05) is 15.7 Å². The van der Waals surface area contributed by atoms with E-state index in [2.05, 4.69) is 0 Å². The van der Waals surface area contributed by atoms with Crippen molar-refractivity contribution in [3.05, 3.63) is 28.8 Å². The van der Waals surface area contributed by atoms with Gasteiger partial charge >= 0.3 is 5.97 Å². The minimum atomic E-state index is -0.834. The van der Waals surface area contributed by atoms with Gasteiger partial charge in [0.2, 0.25) is 0 Å². The average molecular weight is 313 g/mol. The number of halogens is 1. The van der Waals surface area contributed by atoms with Crippen molar-refractivity contribution in [1.82, 2.24) is 0 Å². The predicted octanol–water partition coefficient (Wildman–Crippen LogP) is 4.12. The van der Waals surface area contributed by atoms with Gasteiger partial charge in [-0.15, -0.1) is 11.8 Å². The van der Waals surface area contributed by atoms with E-state index in [1.165, 1.54) is 25.7 Å². The molecule has 1 aliphatic carbocycles. The van der Waals surface area contributed by atoms with E-state index < -0.39 is 11.8 Å². The van der Waals surface area contributed by atoms with Gasteiger partial charge in [0.15, 0.2) is 0 Å².